The summed E-state index contributed by atoms with van der Waals surface area (Å²) >= 11 is 0. The lowest BCUT2D eigenvalue weighted by Gasteiger charge is -2.18. The summed E-state index contributed by atoms with van der Waals surface area (Å²) in [7, 11) is 0. The van der Waals surface area contributed by atoms with Crippen molar-refractivity contribution in [3.8, 4) is 0 Å². The molecular formula is C14H22N2O. The Morgan fingerprint density at radius 2 is 2.35 bits per heavy atom. The van der Waals surface area contributed by atoms with Crippen LogP contribution in [0.3, 0.4) is 0 Å². The van der Waals surface area contributed by atoms with Gasteiger partial charge in [0.25, 0.3) is 0 Å². The Morgan fingerprint density at radius 3 is 2.94 bits per heavy atom. The van der Waals surface area contributed by atoms with Gasteiger partial charge in [-0.1, -0.05) is 19.4 Å². The van der Waals surface area contributed by atoms with Crippen LogP contribution >= 0.6 is 0 Å². The molecule has 2 atom stereocenters. The van der Waals surface area contributed by atoms with Crippen molar-refractivity contribution in [2.45, 2.75) is 39.2 Å². The second kappa shape index (κ2) is 5.50. The van der Waals surface area contributed by atoms with Crippen LogP contribution in [0.4, 0.5) is 5.82 Å². The normalized spacial score (nSPS) is 21.8. The minimum Gasteiger partial charge on any atom is -0.389 e. The molecule has 0 spiro atoms. The first-order chi connectivity index (χ1) is 8.20. The molecule has 3 heteroatoms. The zero-order valence-corrected chi connectivity index (χ0v) is 10.8. The van der Waals surface area contributed by atoms with E-state index in [9.17, 15) is 5.11 Å². The van der Waals surface area contributed by atoms with E-state index in [0.717, 1.165) is 30.4 Å². The smallest absolute Gasteiger partial charge is 0.128 e. The minimum atomic E-state index is -0.428. The first kappa shape index (κ1) is 12.4. The molecule has 3 nitrogen and oxygen atoms in total. The Bertz CT molecular complexity index is 348. The van der Waals surface area contributed by atoms with Crippen molar-refractivity contribution >= 4 is 5.82 Å². The van der Waals surface area contributed by atoms with Gasteiger partial charge < -0.3 is 10.0 Å². The molecule has 2 rings (SSSR count). The fraction of sp³-hybridized carbons (Fsp3) is 0.643. The number of pyridine rings is 1. The molecule has 1 aromatic heterocycles. The molecule has 1 aliphatic rings. The van der Waals surface area contributed by atoms with Gasteiger partial charge >= 0.3 is 0 Å². The van der Waals surface area contributed by atoms with Crippen LogP contribution in [0.5, 0.6) is 0 Å². The zero-order chi connectivity index (χ0) is 12.3. The van der Waals surface area contributed by atoms with Crippen molar-refractivity contribution in [3.05, 3.63) is 23.9 Å². The van der Waals surface area contributed by atoms with Crippen LogP contribution in [0, 0.1) is 5.92 Å². The summed E-state index contributed by atoms with van der Waals surface area (Å²) in [5.41, 5.74) is 0.887. The number of aliphatic hydroxyl groups is 1. The van der Waals surface area contributed by atoms with Crippen molar-refractivity contribution in [1.29, 1.82) is 0 Å². The summed E-state index contributed by atoms with van der Waals surface area (Å²) in [5, 5.41) is 9.44. The third kappa shape index (κ3) is 2.97. The highest BCUT2D eigenvalue weighted by atomic mass is 16.3. The highest BCUT2D eigenvalue weighted by Gasteiger charge is 2.22. The van der Waals surface area contributed by atoms with Crippen LogP contribution in [-0.4, -0.2) is 23.2 Å². The van der Waals surface area contributed by atoms with Gasteiger partial charge in [-0.3, -0.25) is 0 Å². The summed E-state index contributed by atoms with van der Waals surface area (Å²) in [6.07, 6.45) is 5.23. The van der Waals surface area contributed by atoms with Gasteiger partial charge in [-0.25, -0.2) is 4.98 Å². The zero-order valence-electron chi connectivity index (χ0n) is 10.8. The highest BCUT2D eigenvalue weighted by Crippen LogP contribution is 2.25. The van der Waals surface area contributed by atoms with Gasteiger partial charge in [0.15, 0.2) is 0 Å². The van der Waals surface area contributed by atoms with Crippen molar-refractivity contribution in [2.75, 3.05) is 18.0 Å². The lowest BCUT2D eigenvalue weighted by molar-refractivity contribution is 0.199. The molecule has 0 aromatic carbocycles. The molecule has 2 unspecified atom stereocenters. The fourth-order valence-corrected chi connectivity index (χ4v) is 2.52. The molecule has 0 radical (unpaired) electrons. The molecule has 1 aliphatic heterocycles. The van der Waals surface area contributed by atoms with E-state index in [2.05, 4.69) is 16.8 Å². The van der Waals surface area contributed by atoms with Crippen molar-refractivity contribution in [1.82, 2.24) is 4.98 Å². The van der Waals surface area contributed by atoms with Crippen LogP contribution < -0.4 is 4.90 Å². The van der Waals surface area contributed by atoms with Gasteiger partial charge in [-0.05, 0) is 37.3 Å². The Labute approximate surface area is 103 Å². The first-order valence-electron chi connectivity index (χ1n) is 6.59. The number of nitrogens with zero attached hydrogens (tertiary/aromatic N) is 2. The average molecular weight is 234 g/mol. The predicted octanol–water partition coefficient (Wildman–Crippen LogP) is 2.76. The Kier molecular flexibility index (Phi) is 4.00. The average Bonchev–Trinajstić information content (AvgIpc) is 2.78. The van der Waals surface area contributed by atoms with Gasteiger partial charge in [-0.15, -0.1) is 0 Å². The molecule has 17 heavy (non-hydrogen) atoms. The molecule has 2 heterocycles. The molecule has 1 saturated heterocycles. The Balaban J connectivity index is 1.99. The van der Waals surface area contributed by atoms with Crippen molar-refractivity contribution in [3.63, 3.8) is 0 Å². The Morgan fingerprint density at radius 1 is 1.53 bits per heavy atom. The van der Waals surface area contributed by atoms with Gasteiger partial charge in [0.05, 0.1) is 6.10 Å². The third-order valence-corrected chi connectivity index (χ3v) is 3.56. The summed E-state index contributed by atoms with van der Waals surface area (Å²) < 4.78 is 0. The molecule has 0 saturated carbocycles. The van der Waals surface area contributed by atoms with E-state index in [1.54, 1.807) is 13.1 Å². The number of aliphatic hydroxyl groups excluding tert-OH is 1. The van der Waals surface area contributed by atoms with E-state index in [1.807, 2.05) is 12.1 Å². The van der Waals surface area contributed by atoms with E-state index in [-0.39, 0.29) is 0 Å². The minimum absolute atomic E-state index is 0.428. The molecule has 1 fully saturated rings. The van der Waals surface area contributed by atoms with E-state index in [4.69, 9.17) is 0 Å². The molecule has 0 bridgehead atoms. The second-order valence-electron chi connectivity index (χ2n) is 5.02. The second-order valence-corrected chi connectivity index (χ2v) is 5.02. The molecule has 0 amide bonds. The topological polar surface area (TPSA) is 36.4 Å². The molecule has 1 N–H and O–H groups in total. The highest BCUT2D eigenvalue weighted by molar-refractivity contribution is 5.40. The van der Waals surface area contributed by atoms with Crippen molar-refractivity contribution < 1.29 is 5.11 Å². The van der Waals surface area contributed by atoms with Crippen LogP contribution in [0.1, 0.15) is 44.8 Å². The van der Waals surface area contributed by atoms with E-state index in [0.29, 0.717) is 0 Å². The lowest BCUT2D eigenvalue weighted by atomic mass is 10.0. The van der Waals surface area contributed by atoms with E-state index >= 15 is 0 Å². The number of hydrogen-bond donors (Lipinski definition) is 1. The first-order valence-corrected chi connectivity index (χ1v) is 6.59. The van der Waals surface area contributed by atoms with Gasteiger partial charge in [0, 0.05) is 19.3 Å². The maximum atomic E-state index is 9.44. The van der Waals surface area contributed by atoms with E-state index in [1.165, 1.54) is 19.3 Å². The van der Waals surface area contributed by atoms with Crippen LogP contribution in [0.25, 0.3) is 0 Å². The summed E-state index contributed by atoms with van der Waals surface area (Å²) in [4.78, 5) is 6.80. The molecular weight excluding hydrogens is 212 g/mol. The largest absolute Gasteiger partial charge is 0.389 e. The summed E-state index contributed by atoms with van der Waals surface area (Å²) in [6, 6.07) is 4.00. The molecule has 0 aliphatic carbocycles. The SMILES string of the molecule is CCCC1CCN(c2ccc(C(C)O)cn2)C1. The van der Waals surface area contributed by atoms with Crippen LogP contribution in [0.15, 0.2) is 18.3 Å². The van der Waals surface area contributed by atoms with E-state index < -0.39 is 6.10 Å². The lowest BCUT2D eigenvalue weighted by Crippen LogP contribution is -2.20. The predicted molar refractivity (Wildman–Crippen MR) is 70.1 cm³/mol. The monoisotopic (exact) mass is 234 g/mol. The standard InChI is InChI=1S/C14H22N2O/c1-3-4-12-7-8-16(10-12)14-6-5-13(9-15-14)11(2)17/h5-6,9,11-12,17H,3-4,7-8,10H2,1-2H3. The Hall–Kier alpha value is -1.09. The summed E-state index contributed by atoms with van der Waals surface area (Å²) in [6.45, 7) is 6.27. The van der Waals surface area contributed by atoms with Crippen LogP contribution in [-0.2, 0) is 0 Å². The molecule has 1 aromatic rings. The number of anilines is 1. The van der Waals surface area contributed by atoms with Gasteiger partial charge in [0.1, 0.15) is 5.82 Å². The van der Waals surface area contributed by atoms with Crippen molar-refractivity contribution in [2.24, 2.45) is 5.92 Å². The quantitative estimate of drug-likeness (QED) is 0.870. The maximum Gasteiger partial charge on any atom is 0.128 e. The maximum absolute atomic E-state index is 9.44. The molecule has 94 valence electrons. The van der Waals surface area contributed by atoms with Crippen LogP contribution in [0.2, 0.25) is 0 Å². The summed E-state index contributed by atoms with van der Waals surface area (Å²) in [5.74, 6) is 1.88. The van der Waals surface area contributed by atoms with Gasteiger partial charge in [0.2, 0.25) is 0 Å². The number of rotatable bonds is 4. The number of hydrogen-bond acceptors (Lipinski definition) is 3. The number of aromatic nitrogens is 1. The fourth-order valence-electron chi connectivity index (χ4n) is 2.52. The van der Waals surface area contributed by atoms with Gasteiger partial charge in [-0.2, -0.15) is 0 Å². The third-order valence-electron chi connectivity index (χ3n) is 3.56.